The van der Waals surface area contributed by atoms with E-state index in [1.807, 2.05) is 24.3 Å². The highest BCUT2D eigenvalue weighted by Crippen LogP contribution is 2.39. The summed E-state index contributed by atoms with van der Waals surface area (Å²) in [6.07, 6.45) is 0.699. The number of aliphatic hydroxyl groups excluding tert-OH is 1. The van der Waals surface area contributed by atoms with Gasteiger partial charge in [-0.2, -0.15) is 0 Å². The molecule has 34 heavy (non-hydrogen) atoms. The van der Waals surface area contributed by atoms with E-state index in [4.69, 9.17) is 4.74 Å². The number of hydrogen-bond donors (Lipinski definition) is 1. The highest BCUT2D eigenvalue weighted by Gasteiger charge is 2.45. The second kappa shape index (κ2) is 10.5. The molecule has 180 valence electrons. The fourth-order valence-corrected chi connectivity index (χ4v) is 4.57. The Labute approximate surface area is 199 Å². The van der Waals surface area contributed by atoms with E-state index < -0.39 is 23.5 Å². The number of hydrogen-bond acceptors (Lipinski definition) is 5. The summed E-state index contributed by atoms with van der Waals surface area (Å²) >= 11 is 0. The third-order valence-corrected chi connectivity index (χ3v) is 6.55. The normalized spacial score (nSPS) is 20.9. The number of nitrogens with zero attached hydrogens (tertiary/aromatic N) is 2. The van der Waals surface area contributed by atoms with Crippen LogP contribution in [0.4, 0.5) is 4.39 Å². The van der Waals surface area contributed by atoms with Crippen molar-refractivity contribution in [3.8, 4) is 0 Å². The lowest BCUT2D eigenvalue weighted by Gasteiger charge is -2.29. The maximum absolute atomic E-state index is 13.4. The Bertz CT molecular complexity index is 1060. The van der Waals surface area contributed by atoms with Crippen molar-refractivity contribution < 1.29 is 23.8 Å². The van der Waals surface area contributed by atoms with Crippen LogP contribution >= 0.6 is 0 Å². The molecule has 0 saturated carbocycles. The molecular weight excluding hydrogens is 435 g/mol. The molecule has 2 heterocycles. The number of benzene rings is 2. The average molecular weight is 467 g/mol. The van der Waals surface area contributed by atoms with Crippen LogP contribution in [0.15, 0.2) is 54.1 Å². The predicted octanol–water partition coefficient (Wildman–Crippen LogP) is 4.09. The molecule has 2 saturated heterocycles. The number of rotatable bonds is 7. The van der Waals surface area contributed by atoms with Gasteiger partial charge >= 0.3 is 0 Å². The molecule has 0 unspecified atom stereocenters. The summed E-state index contributed by atoms with van der Waals surface area (Å²) in [6.45, 7) is 8.48. The number of likely N-dealkylation sites (tertiary alicyclic amines) is 1. The van der Waals surface area contributed by atoms with E-state index in [1.165, 1.54) is 24.3 Å². The lowest BCUT2D eigenvalue weighted by atomic mass is 9.93. The van der Waals surface area contributed by atoms with Crippen molar-refractivity contribution in [2.24, 2.45) is 0 Å². The Morgan fingerprint density at radius 1 is 1.03 bits per heavy atom. The zero-order valence-corrected chi connectivity index (χ0v) is 19.7. The second-order valence-electron chi connectivity index (χ2n) is 9.13. The third kappa shape index (κ3) is 5.05. The molecule has 4 rings (SSSR count). The Morgan fingerprint density at radius 3 is 2.29 bits per heavy atom. The first-order valence-corrected chi connectivity index (χ1v) is 11.8. The summed E-state index contributed by atoms with van der Waals surface area (Å²) in [5.41, 5.74) is 2.25. The largest absolute Gasteiger partial charge is 0.507 e. The minimum atomic E-state index is -0.717. The summed E-state index contributed by atoms with van der Waals surface area (Å²) in [5.74, 6) is -1.73. The van der Waals surface area contributed by atoms with E-state index in [2.05, 4.69) is 18.7 Å². The molecular formula is C27H31FN2O4. The van der Waals surface area contributed by atoms with Crippen molar-refractivity contribution in [1.82, 2.24) is 9.80 Å². The molecule has 0 spiro atoms. The van der Waals surface area contributed by atoms with Gasteiger partial charge in [0.05, 0.1) is 24.8 Å². The molecule has 0 aromatic heterocycles. The minimum Gasteiger partial charge on any atom is -0.507 e. The first-order valence-electron chi connectivity index (χ1n) is 11.8. The van der Waals surface area contributed by atoms with E-state index >= 15 is 0 Å². The SMILES string of the molecule is CC(C)c1ccc([C@@H]2/C(=C(\O)c3ccc(F)cc3)C(=O)C(=O)N2CCCN2CCOCC2)cc1. The average Bonchev–Trinajstić information content (AvgIpc) is 3.10. The van der Waals surface area contributed by atoms with Crippen molar-refractivity contribution in [3.63, 3.8) is 0 Å². The van der Waals surface area contributed by atoms with Gasteiger partial charge < -0.3 is 14.7 Å². The minimum absolute atomic E-state index is 0.0419. The van der Waals surface area contributed by atoms with Crippen molar-refractivity contribution >= 4 is 17.4 Å². The number of morpholine rings is 1. The molecule has 2 aromatic rings. The van der Waals surface area contributed by atoms with Gasteiger partial charge in [0.15, 0.2) is 0 Å². The van der Waals surface area contributed by atoms with Crippen molar-refractivity contribution in [1.29, 1.82) is 0 Å². The summed E-state index contributed by atoms with van der Waals surface area (Å²) in [5, 5.41) is 11.1. The number of ketones is 1. The molecule has 1 atom stereocenters. The molecule has 0 bridgehead atoms. The van der Waals surface area contributed by atoms with Crippen molar-refractivity contribution in [2.45, 2.75) is 32.2 Å². The van der Waals surface area contributed by atoms with Gasteiger partial charge in [-0.15, -0.1) is 0 Å². The zero-order valence-electron chi connectivity index (χ0n) is 19.7. The van der Waals surface area contributed by atoms with Crippen LogP contribution in [0.5, 0.6) is 0 Å². The number of Topliss-reactive ketones (excluding diaryl/α,β-unsaturated/α-hetero) is 1. The van der Waals surface area contributed by atoms with E-state index in [0.29, 0.717) is 37.7 Å². The Balaban J connectivity index is 1.67. The highest BCUT2D eigenvalue weighted by atomic mass is 19.1. The van der Waals surface area contributed by atoms with Crippen LogP contribution in [-0.2, 0) is 14.3 Å². The molecule has 2 aliphatic heterocycles. The molecule has 0 radical (unpaired) electrons. The molecule has 2 aromatic carbocycles. The smallest absolute Gasteiger partial charge is 0.295 e. The highest BCUT2D eigenvalue weighted by molar-refractivity contribution is 6.46. The monoisotopic (exact) mass is 466 g/mol. The quantitative estimate of drug-likeness (QED) is 0.378. The topological polar surface area (TPSA) is 70.1 Å². The lowest BCUT2D eigenvalue weighted by molar-refractivity contribution is -0.140. The number of ether oxygens (including phenoxy) is 1. The molecule has 1 N–H and O–H groups in total. The van der Waals surface area contributed by atoms with E-state index in [1.54, 1.807) is 4.90 Å². The van der Waals surface area contributed by atoms with Crippen LogP contribution in [0.1, 0.15) is 48.9 Å². The van der Waals surface area contributed by atoms with Gasteiger partial charge in [0, 0.05) is 31.7 Å². The van der Waals surface area contributed by atoms with Gasteiger partial charge in [0.1, 0.15) is 11.6 Å². The Hall–Kier alpha value is -3.03. The van der Waals surface area contributed by atoms with Crippen LogP contribution in [0.2, 0.25) is 0 Å². The number of aliphatic hydroxyl groups is 1. The van der Waals surface area contributed by atoms with Crippen molar-refractivity contribution in [2.75, 3.05) is 39.4 Å². The van der Waals surface area contributed by atoms with Gasteiger partial charge in [-0.25, -0.2) is 4.39 Å². The summed E-state index contributed by atoms with van der Waals surface area (Å²) in [6, 6.07) is 12.4. The van der Waals surface area contributed by atoms with Crippen LogP contribution in [0.25, 0.3) is 5.76 Å². The maximum Gasteiger partial charge on any atom is 0.295 e. The fourth-order valence-electron chi connectivity index (χ4n) is 4.57. The second-order valence-corrected chi connectivity index (χ2v) is 9.13. The Kier molecular flexibility index (Phi) is 7.44. The van der Waals surface area contributed by atoms with E-state index in [0.717, 1.165) is 30.8 Å². The number of carbonyl (C=O) groups excluding carboxylic acids is 2. The Morgan fingerprint density at radius 2 is 1.68 bits per heavy atom. The number of amides is 1. The maximum atomic E-state index is 13.4. The van der Waals surface area contributed by atoms with Gasteiger partial charge in [0.25, 0.3) is 11.7 Å². The summed E-state index contributed by atoms with van der Waals surface area (Å²) in [7, 11) is 0. The van der Waals surface area contributed by atoms with Gasteiger partial charge in [-0.1, -0.05) is 38.1 Å². The van der Waals surface area contributed by atoms with Gasteiger partial charge in [-0.05, 0) is 47.7 Å². The summed E-state index contributed by atoms with van der Waals surface area (Å²) < 4.78 is 18.8. The zero-order chi connectivity index (χ0) is 24.2. The van der Waals surface area contributed by atoms with Crippen LogP contribution in [0, 0.1) is 5.82 Å². The lowest BCUT2D eigenvalue weighted by Crippen LogP contribution is -2.38. The third-order valence-electron chi connectivity index (χ3n) is 6.55. The molecule has 7 heteroatoms. The fraction of sp³-hybridized carbons (Fsp3) is 0.407. The number of halogens is 1. The summed E-state index contributed by atoms with van der Waals surface area (Å²) in [4.78, 5) is 30.0. The molecule has 0 aliphatic carbocycles. The van der Waals surface area contributed by atoms with Gasteiger partial charge in [0.2, 0.25) is 0 Å². The molecule has 1 amide bonds. The predicted molar refractivity (Wildman–Crippen MR) is 128 cm³/mol. The van der Waals surface area contributed by atoms with Gasteiger partial charge in [-0.3, -0.25) is 14.5 Å². The molecule has 6 nitrogen and oxygen atoms in total. The molecule has 2 fully saturated rings. The number of carbonyl (C=O) groups is 2. The van der Waals surface area contributed by atoms with Crippen LogP contribution < -0.4 is 0 Å². The standard InChI is InChI=1S/C27H31FN2O4/c1-18(2)19-4-6-20(7-5-19)24-23(25(31)21-8-10-22(28)11-9-21)26(32)27(33)30(24)13-3-12-29-14-16-34-17-15-29/h4-11,18,24,31H,3,12-17H2,1-2H3/b25-23+/t24-/m1/s1. The van der Waals surface area contributed by atoms with Crippen molar-refractivity contribution in [3.05, 3.63) is 76.6 Å². The first-order chi connectivity index (χ1) is 16.4. The van der Waals surface area contributed by atoms with Crippen LogP contribution in [0.3, 0.4) is 0 Å². The van der Waals surface area contributed by atoms with E-state index in [9.17, 15) is 19.1 Å². The van der Waals surface area contributed by atoms with Crippen LogP contribution in [-0.4, -0.2) is 66.0 Å². The first kappa shape index (κ1) is 24.1. The molecule has 2 aliphatic rings. The van der Waals surface area contributed by atoms with E-state index in [-0.39, 0.29) is 11.3 Å².